The Balaban J connectivity index is 2.16. The number of amides is 1. The van der Waals surface area contributed by atoms with E-state index in [1.807, 2.05) is 18.2 Å². The van der Waals surface area contributed by atoms with E-state index in [0.29, 0.717) is 5.56 Å². The van der Waals surface area contributed by atoms with Crippen molar-refractivity contribution in [2.45, 2.75) is 57.3 Å². The van der Waals surface area contributed by atoms with Crippen molar-refractivity contribution in [2.75, 3.05) is 18.6 Å². The van der Waals surface area contributed by atoms with E-state index in [-0.39, 0.29) is 11.3 Å². The van der Waals surface area contributed by atoms with Gasteiger partial charge in [0, 0.05) is 26.8 Å². The Morgan fingerprint density at radius 1 is 1.03 bits per heavy atom. The molecule has 3 atom stereocenters. The summed E-state index contributed by atoms with van der Waals surface area (Å²) in [7, 11) is -2.35. The molecule has 0 aliphatic rings. The topological polar surface area (TPSA) is 126 Å². The Hall–Kier alpha value is -3.28. The van der Waals surface area contributed by atoms with Crippen LogP contribution < -0.4 is 10.1 Å². The molecule has 2 rings (SSSR count). The molecule has 1 amide bonds. The van der Waals surface area contributed by atoms with Gasteiger partial charge in [0.25, 0.3) is 0 Å². The fourth-order valence-corrected chi connectivity index (χ4v) is 5.17. The molecule has 8 nitrogen and oxygen atoms in total. The summed E-state index contributed by atoms with van der Waals surface area (Å²) >= 11 is 0. The standard InChI is InChI=1S/C26H33F3N2O6S/c1-25(2,3)37-24(34)31-21(23(32)33)13-15-38(30,35)14-12-20(26(27,28)29)19-11-10-18(16-22(19)36-4)17-8-6-5-7-9-17/h5-11,16,20-21,30H,12-15H2,1-4H3,(H,31,34)(H,32,33)/t20?,21-,38?/m0/s1. The predicted octanol–water partition coefficient (Wildman–Crippen LogP) is 5.81. The van der Waals surface area contributed by atoms with Crippen molar-refractivity contribution in [3.63, 3.8) is 0 Å². The third-order valence-electron chi connectivity index (χ3n) is 5.57. The maximum absolute atomic E-state index is 14.1. The van der Waals surface area contributed by atoms with Gasteiger partial charge in [0.2, 0.25) is 0 Å². The highest BCUT2D eigenvalue weighted by Crippen LogP contribution is 2.43. The van der Waals surface area contributed by atoms with Crippen molar-refractivity contribution in [3.05, 3.63) is 54.1 Å². The number of aliphatic carboxylic acids is 1. The second kappa shape index (κ2) is 12.5. The number of alkyl carbamates (subject to hydrolysis) is 1. The minimum Gasteiger partial charge on any atom is -0.496 e. The van der Waals surface area contributed by atoms with Crippen LogP contribution in [0.5, 0.6) is 5.75 Å². The van der Waals surface area contributed by atoms with Crippen molar-refractivity contribution in [2.24, 2.45) is 0 Å². The monoisotopic (exact) mass is 558 g/mol. The van der Waals surface area contributed by atoms with Gasteiger partial charge < -0.3 is 19.9 Å². The molecule has 2 aromatic carbocycles. The molecule has 0 heterocycles. The van der Waals surface area contributed by atoms with Crippen LogP contribution in [0.4, 0.5) is 18.0 Å². The fourth-order valence-electron chi connectivity index (χ4n) is 3.73. The lowest BCUT2D eigenvalue weighted by Crippen LogP contribution is -2.44. The first-order chi connectivity index (χ1) is 17.5. The Kier molecular flexibility index (Phi) is 10.2. The molecule has 2 unspecified atom stereocenters. The lowest BCUT2D eigenvalue weighted by atomic mass is 9.92. The van der Waals surface area contributed by atoms with Gasteiger partial charge in [-0.2, -0.15) is 13.2 Å². The minimum atomic E-state index is -4.71. The average molecular weight is 559 g/mol. The van der Waals surface area contributed by atoms with Gasteiger partial charge in [-0.05, 0) is 50.8 Å². The lowest BCUT2D eigenvalue weighted by molar-refractivity contribution is -0.151. The number of hydrogen-bond acceptors (Lipinski definition) is 6. The third-order valence-corrected chi connectivity index (χ3v) is 7.36. The van der Waals surface area contributed by atoms with Crippen LogP contribution in [0.3, 0.4) is 0 Å². The number of rotatable bonds is 11. The molecule has 0 saturated carbocycles. The van der Waals surface area contributed by atoms with E-state index in [1.165, 1.54) is 19.2 Å². The van der Waals surface area contributed by atoms with Crippen molar-refractivity contribution >= 4 is 21.8 Å². The van der Waals surface area contributed by atoms with Crippen molar-refractivity contribution in [3.8, 4) is 16.9 Å². The summed E-state index contributed by atoms with van der Waals surface area (Å²) in [6, 6.07) is 11.9. The normalized spacial score (nSPS) is 15.1. The number of halogens is 3. The number of alkyl halides is 3. The summed E-state index contributed by atoms with van der Waals surface area (Å²) < 4.78 is 73.4. The summed E-state index contributed by atoms with van der Waals surface area (Å²) in [4.78, 5) is 23.4. The van der Waals surface area contributed by atoms with Crippen molar-refractivity contribution < 1.29 is 41.5 Å². The molecule has 0 fully saturated rings. The van der Waals surface area contributed by atoms with E-state index in [9.17, 15) is 32.1 Å². The largest absolute Gasteiger partial charge is 0.496 e. The molecule has 0 aliphatic carbocycles. The van der Waals surface area contributed by atoms with Crippen LogP contribution in [0.1, 0.15) is 45.1 Å². The van der Waals surface area contributed by atoms with Crippen LogP contribution in [0.2, 0.25) is 0 Å². The number of carboxylic acid groups (broad SMARTS) is 1. The van der Waals surface area contributed by atoms with Crippen LogP contribution in [-0.4, -0.2) is 57.8 Å². The first-order valence-corrected chi connectivity index (χ1v) is 13.7. The Morgan fingerprint density at radius 3 is 2.16 bits per heavy atom. The van der Waals surface area contributed by atoms with Crippen LogP contribution in [0.15, 0.2) is 48.5 Å². The highest BCUT2D eigenvalue weighted by molar-refractivity contribution is 7.92. The van der Waals surface area contributed by atoms with E-state index in [4.69, 9.17) is 14.3 Å². The number of ether oxygens (including phenoxy) is 2. The van der Waals surface area contributed by atoms with E-state index in [1.54, 1.807) is 39.0 Å². The van der Waals surface area contributed by atoms with Crippen LogP contribution in [0, 0.1) is 4.78 Å². The second-order valence-electron chi connectivity index (χ2n) is 9.75. The first-order valence-electron chi connectivity index (χ1n) is 11.8. The van der Waals surface area contributed by atoms with E-state index in [0.717, 1.165) is 5.56 Å². The molecule has 0 aliphatic heterocycles. The maximum Gasteiger partial charge on any atom is 0.408 e. The zero-order valence-electron chi connectivity index (χ0n) is 21.6. The number of methoxy groups -OCH3 is 1. The van der Waals surface area contributed by atoms with Gasteiger partial charge >= 0.3 is 18.2 Å². The molecule has 210 valence electrons. The number of carboxylic acids is 1. The summed E-state index contributed by atoms with van der Waals surface area (Å²) in [6.45, 7) is 4.75. The van der Waals surface area contributed by atoms with Gasteiger partial charge in [0.05, 0.1) is 13.0 Å². The summed E-state index contributed by atoms with van der Waals surface area (Å²) in [5.41, 5.74) is 0.421. The zero-order valence-corrected chi connectivity index (χ0v) is 22.4. The number of benzene rings is 2. The SMILES string of the molecule is COc1cc(-c2ccccc2)ccc1C(CCS(=N)(=O)CC[C@H](NC(=O)OC(C)(C)C)C(=O)O)C(F)(F)F. The molecule has 0 aromatic heterocycles. The van der Waals surface area contributed by atoms with Crippen LogP contribution in [-0.2, 0) is 19.3 Å². The van der Waals surface area contributed by atoms with Crippen molar-refractivity contribution in [1.82, 2.24) is 5.32 Å². The van der Waals surface area contributed by atoms with Gasteiger partial charge in [0.1, 0.15) is 17.4 Å². The second-order valence-corrected chi connectivity index (χ2v) is 12.2. The Morgan fingerprint density at radius 2 is 1.63 bits per heavy atom. The minimum absolute atomic E-state index is 0.0117. The highest BCUT2D eigenvalue weighted by atomic mass is 32.2. The summed E-state index contributed by atoms with van der Waals surface area (Å²) in [5.74, 6) is -4.63. The molecular weight excluding hydrogens is 525 g/mol. The number of carbonyl (C=O) groups excluding carboxylic acids is 1. The molecule has 0 spiro atoms. The van der Waals surface area contributed by atoms with Crippen molar-refractivity contribution in [1.29, 1.82) is 4.78 Å². The smallest absolute Gasteiger partial charge is 0.408 e. The van der Waals surface area contributed by atoms with Gasteiger partial charge in [-0.25, -0.2) is 13.8 Å². The van der Waals surface area contributed by atoms with E-state index >= 15 is 0 Å². The van der Waals surface area contributed by atoms with Gasteiger partial charge in [-0.3, -0.25) is 4.78 Å². The molecule has 0 saturated heterocycles. The third kappa shape index (κ3) is 9.55. The van der Waals surface area contributed by atoms with Gasteiger partial charge in [-0.15, -0.1) is 0 Å². The quantitative estimate of drug-likeness (QED) is 0.319. The number of carbonyl (C=O) groups is 2. The van der Waals surface area contributed by atoms with Gasteiger partial charge in [-0.1, -0.05) is 42.5 Å². The maximum atomic E-state index is 14.1. The molecular formula is C26H33F3N2O6S. The molecule has 3 N–H and O–H groups in total. The molecule has 2 aromatic rings. The highest BCUT2D eigenvalue weighted by Gasteiger charge is 2.42. The molecule has 38 heavy (non-hydrogen) atoms. The summed E-state index contributed by atoms with van der Waals surface area (Å²) in [6.07, 6.45) is -6.80. The molecule has 0 radical (unpaired) electrons. The Bertz CT molecular complexity index is 1210. The average Bonchev–Trinajstić information content (AvgIpc) is 2.80. The first kappa shape index (κ1) is 30.9. The molecule has 0 bridgehead atoms. The van der Waals surface area contributed by atoms with Gasteiger partial charge in [0.15, 0.2) is 0 Å². The van der Waals surface area contributed by atoms with E-state index in [2.05, 4.69) is 5.32 Å². The zero-order chi connectivity index (χ0) is 28.7. The van der Waals surface area contributed by atoms with Crippen LogP contribution in [0.25, 0.3) is 11.1 Å². The molecule has 12 heteroatoms. The van der Waals surface area contributed by atoms with Crippen LogP contribution >= 0.6 is 0 Å². The lowest BCUT2D eigenvalue weighted by Gasteiger charge is -2.24. The fraction of sp³-hybridized carbons (Fsp3) is 0.462. The predicted molar refractivity (Wildman–Crippen MR) is 138 cm³/mol. The van der Waals surface area contributed by atoms with E-state index < -0.39 is 69.9 Å². The summed E-state index contributed by atoms with van der Waals surface area (Å²) in [5, 5.41) is 11.5. The number of nitrogens with one attached hydrogen (secondary N) is 2. The number of hydrogen-bond donors (Lipinski definition) is 3. The Labute approximate surface area is 220 Å².